The maximum Gasteiger partial charge on any atom is 0.415 e. The van der Waals surface area contributed by atoms with E-state index in [-0.39, 0.29) is 0 Å². The van der Waals surface area contributed by atoms with Crippen molar-refractivity contribution < 1.29 is 23.0 Å². The minimum atomic E-state index is -4.56. The number of ether oxygens (including phenoxy) is 1. The first kappa shape index (κ1) is 17.3. The quantitative estimate of drug-likeness (QED) is 0.572. The Hall–Kier alpha value is -0.760. The molecular weight excluding hydrogens is 291 g/mol. The van der Waals surface area contributed by atoms with Gasteiger partial charge in [0.15, 0.2) is 6.10 Å². The molecular formula is C13H18F3NO2S. The lowest BCUT2D eigenvalue weighted by atomic mass is 10.2. The van der Waals surface area contributed by atoms with Gasteiger partial charge < -0.3 is 15.2 Å². The molecule has 0 aliphatic heterocycles. The highest BCUT2D eigenvalue weighted by Gasteiger charge is 2.37. The number of rotatable bonds is 8. The zero-order valence-corrected chi connectivity index (χ0v) is 11.9. The van der Waals surface area contributed by atoms with Gasteiger partial charge in [0.05, 0.1) is 6.61 Å². The first-order valence-corrected chi connectivity index (χ1v) is 7.08. The van der Waals surface area contributed by atoms with Gasteiger partial charge in [0.2, 0.25) is 0 Å². The standard InChI is InChI=1S/C13H18F3NO2S/c1-19-6-5-17-8-10-3-2-4-11(7-10)20-9-12(18)13(14,15)16/h2-4,7,12,17-18H,5-6,8-9H2,1H3. The van der Waals surface area contributed by atoms with Crippen molar-refractivity contribution in [1.29, 1.82) is 0 Å². The molecule has 0 spiro atoms. The number of alkyl halides is 3. The van der Waals surface area contributed by atoms with Gasteiger partial charge in [-0.1, -0.05) is 12.1 Å². The Balaban J connectivity index is 2.43. The Kier molecular flexibility index (Phi) is 7.36. The lowest BCUT2D eigenvalue weighted by Gasteiger charge is -2.14. The van der Waals surface area contributed by atoms with E-state index in [1.54, 1.807) is 19.2 Å². The molecule has 2 N–H and O–H groups in total. The molecule has 1 aromatic rings. The van der Waals surface area contributed by atoms with Crippen LogP contribution in [0.2, 0.25) is 0 Å². The molecule has 3 nitrogen and oxygen atoms in total. The van der Waals surface area contributed by atoms with E-state index in [2.05, 4.69) is 5.32 Å². The zero-order valence-electron chi connectivity index (χ0n) is 11.1. The predicted octanol–water partition coefficient (Wildman–Crippen LogP) is 2.44. The molecule has 0 aliphatic carbocycles. The summed E-state index contributed by atoms with van der Waals surface area (Å²) in [7, 11) is 1.62. The van der Waals surface area contributed by atoms with E-state index in [1.165, 1.54) is 0 Å². The number of halogens is 3. The van der Waals surface area contributed by atoms with Crippen LogP contribution in [0.4, 0.5) is 13.2 Å². The van der Waals surface area contributed by atoms with Crippen LogP contribution in [0.15, 0.2) is 29.2 Å². The topological polar surface area (TPSA) is 41.5 Å². The van der Waals surface area contributed by atoms with Crippen molar-refractivity contribution in [2.24, 2.45) is 0 Å². The van der Waals surface area contributed by atoms with Crippen LogP contribution in [0.1, 0.15) is 5.56 Å². The summed E-state index contributed by atoms with van der Waals surface area (Å²) >= 11 is 0.991. The molecule has 1 atom stereocenters. The van der Waals surface area contributed by atoms with E-state index in [0.717, 1.165) is 17.3 Å². The number of thioether (sulfide) groups is 1. The molecule has 1 unspecified atom stereocenters. The van der Waals surface area contributed by atoms with Crippen LogP contribution in [0.5, 0.6) is 0 Å². The smallest absolute Gasteiger partial charge is 0.383 e. The van der Waals surface area contributed by atoms with E-state index in [9.17, 15) is 13.2 Å². The highest BCUT2D eigenvalue weighted by Crippen LogP contribution is 2.27. The Labute approximate surface area is 120 Å². The fourth-order valence-electron chi connectivity index (χ4n) is 1.42. The summed E-state index contributed by atoms with van der Waals surface area (Å²) in [4.78, 5) is 0.708. The van der Waals surface area contributed by atoms with E-state index in [0.29, 0.717) is 24.6 Å². The molecule has 0 heterocycles. The lowest BCUT2D eigenvalue weighted by molar-refractivity contribution is -0.195. The Bertz CT molecular complexity index is 401. The Morgan fingerprint density at radius 1 is 1.40 bits per heavy atom. The van der Waals surface area contributed by atoms with Gasteiger partial charge in [-0.3, -0.25) is 0 Å². The SMILES string of the molecule is COCCNCc1cccc(SCC(O)C(F)(F)F)c1. The van der Waals surface area contributed by atoms with Gasteiger partial charge in [0.25, 0.3) is 0 Å². The van der Waals surface area contributed by atoms with Gasteiger partial charge in [-0.25, -0.2) is 0 Å². The second kappa shape index (κ2) is 8.51. The highest BCUT2D eigenvalue weighted by atomic mass is 32.2. The van der Waals surface area contributed by atoms with Crippen LogP contribution < -0.4 is 5.32 Å². The van der Waals surface area contributed by atoms with E-state index in [4.69, 9.17) is 9.84 Å². The second-order valence-electron chi connectivity index (χ2n) is 4.19. The van der Waals surface area contributed by atoms with E-state index >= 15 is 0 Å². The summed E-state index contributed by atoms with van der Waals surface area (Å²) < 4.78 is 41.5. The molecule has 114 valence electrons. The molecule has 0 saturated heterocycles. The molecule has 0 saturated carbocycles. The number of methoxy groups -OCH3 is 1. The molecule has 1 rings (SSSR count). The number of benzene rings is 1. The average molecular weight is 309 g/mol. The van der Waals surface area contributed by atoms with Crippen LogP contribution in [-0.4, -0.2) is 43.4 Å². The third kappa shape index (κ3) is 6.60. The van der Waals surface area contributed by atoms with Gasteiger partial charge >= 0.3 is 6.18 Å². The molecule has 0 bridgehead atoms. The number of aliphatic hydroxyl groups excluding tert-OH is 1. The summed E-state index contributed by atoms with van der Waals surface area (Å²) in [5.74, 6) is -0.399. The normalized spacial score (nSPS) is 13.4. The molecule has 0 aromatic heterocycles. The number of hydrogen-bond donors (Lipinski definition) is 2. The third-order valence-corrected chi connectivity index (χ3v) is 3.57. The van der Waals surface area contributed by atoms with Crippen molar-refractivity contribution in [3.8, 4) is 0 Å². The number of hydrogen-bond acceptors (Lipinski definition) is 4. The van der Waals surface area contributed by atoms with Crippen LogP contribution in [0, 0.1) is 0 Å². The monoisotopic (exact) mass is 309 g/mol. The fourth-order valence-corrected chi connectivity index (χ4v) is 2.37. The lowest BCUT2D eigenvalue weighted by Crippen LogP contribution is -2.30. The van der Waals surface area contributed by atoms with E-state index in [1.807, 2.05) is 12.1 Å². The molecule has 0 radical (unpaired) electrons. The van der Waals surface area contributed by atoms with Crippen molar-refractivity contribution in [2.75, 3.05) is 26.0 Å². The molecule has 7 heteroatoms. The third-order valence-electron chi connectivity index (χ3n) is 2.50. The van der Waals surface area contributed by atoms with Crippen molar-refractivity contribution in [1.82, 2.24) is 5.32 Å². The Morgan fingerprint density at radius 3 is 2.80 bits per heavy atom. The average Bonchev–Trinajstić information content (AvgIpc) is 2.40. The zero-order chi connectivity index (χ0) is 15.0. The molecule has 0 amide bonds. The van der Waals surface area contributed by atoms with Gasteiger partial charge in [-0.2, -0.15) is 13.2 Å². The van der Waals surface area contributed by atoms with Crippen molar-refractivity contribution in [2.45, 2.75) is 23.7 Å². The summed E-state index contributed by atoms with van der Waals surface area (Å²) in [5.41, 5.74) is 0.979. The minimum absolute atomic E-state index is 0.399. The fraction of sp³-hybridized carbons (Fsp3) is 0.538. The summed E-state index contributed by atoms with van der Waals surface area (Å²) in [6.45, 7) is 1.94. The highest BCUT2D eigenvalue weighted by molar-refractivity contribution is 7.99. The summed E-state index contributed by atoms with van der Waals surface area (Å²) in [6.07, 6.45) is -6.86. The van der Waals surface area contributed by atoms with Crippen LogP contribution in [-0.2, 0) is 11.3 Å². The van der Waals surface area contributed by atoms with Crippen LogP contribution >= 0.6 is 11.8 Å². The van der Waals surface area contributed by atoms with Crippen molar-refractivity contribution in [3.05, 3.63) is 29.8 Å². The summed E-state index contributed by atoms with van der Waals surface area (Å²) in [6, 6.07) is 7.22. The van der Waals surface area contributed by atoms with Crippen molar-refractivity contribution in [3.63, 3.8) is 0 Å². The second-order valence-corrected chi connectivity index (χ2v) is 5.28. The van der Waals surface area contributed by atoms with Crippen LogP contribution in [0.3, 0.4) is 0 Å². The molecule has 0 fully saturated rings. The summed E-state index contributed by atoms with van der Waals surface area (Å²) in [5, 5.41) is 12.1. The molecule has 0 aliphatic rings. The van der Waals surface area contributed by atoms with E-state index < -0.39 is 18.0 Å². The number of aliphatic hydroxyl groups is 1. The molecule has 20 heavy (non-hydrogen) atoms. The Morgan fingerprint density at radius 2 is 2.15 bits per heavy atom. The molecule has 1 aromatic carbocycles. The first-order chi connectivity index (χ1) is 9.43. The largest absolute Gasteiger partial charge is 0.415 e. The van der Waals surface area contributed by atoms with Gasteiger partial charge in [-0.15, -0.1) is 11.8 Å². The maximum absolute atomic E-state index is 12.2. The van der Waals surface area contributed by atoms with Gasteiger partial charge in [-0.05, 0) is 17.7 Å². The number of nitrogens with one attached hydrogen (secondary N) is 1. The van der Waals surface area contributed by atoms with Gasteiger partial charge in [0, 0.05) is 30.8 Å². The van der Waals surface area contributed by atoms with Gasteiger partial charge in [0.1, 0.15) is 0 Å². The minimum Gasteiger partial charge on any atom is -0.383 e. The first-order valence-electron chi connectivity index (χ1n) is 6.09. The maximum atomic E-state index is 12.2. The predicted molar refractivity (Wildman–Crippen MR) is 72.8 cm³/mol. The van der Waals surface area contributed by atoms with Crippen molar-refractivity contribution >= 4 is 11.8 Å². The van der Waals surface area contributed by atoms with Crippen LogP contribution in [0.25, 0.3) is 0 Å².